The molecule has 1 aliphatic rings. The van der Waals surface area contributed by atoms with Crippen molar-refractivity contribution in [3.63, 3.8) is 0 Å². The lowest BCUT2D eigenvalue weighted by molar-refractivity contribution is -0.138. The summed E-state index contributed by atoms with van der Waals surface area (Å²) in [5.41, 5.74) is 1.36. The highest BCUT2D eigenvalue weighted by molar-refractivity contribution is 6.30. The van der Waals surface area contributed by atoms with Crippen LogP contribution >= 0.6 is 11.6 Å². The molecule has 0 radical (unpaired) electrons. The number of hydrogen-bond donors (Lipinski definition) is 1. The van der Waals surface area contributed by atoms with Crippen LogP contribution in [0.5, 0.6) is 0 Å². The van der Waals surface area contributed by atoms with Gasteiger partial charge in [0.05, 0.1) is 11.2 Å². The number of piperidine rings is 1. The molecular formula is C22H29ClN6O2. The Morgan fingerprint density at radius 3 is 2.74 bits per heavy atom. The normalized spacial score (nSPS) is 16.5. The lowest BCUT2D eigenvalue weighted by atomic mass is 10.1. The monoisotopic (exact) mass is 444 g/mol. The lowest BCUT2D eigenvalue weighted by Crippen LogP contribution is -2.44. The minimum atomic E-state index is -0.318. The van der Waals surface area contributed by atoms with Crippen LogP contribution in [0.1, 0.15) is 33.6 Å². The number of imidazole rings is 1. The molecule has 1 fully saturated rings. The van der Waals surface area contributed by atoms with Crippen molar-refractivity contribution in [2.75, 3.05) is 25.0 Å². The smallest absolute Gasteiger partial charge is 0.293 e. The van der Waals surface area contributed by atoms with E-state index in [1.807, 2.05) is 62.8 Å². The van der Waals surface area contributed by atoms with Crippen molar-refractivity contribution in [2.24, 2.45) is 0 Å². The maximum Gasteiger partial charge on any atom is 0.293 e. The molecule has 1 unspecified atom stereocenters. The van der Waals surface area contributed by atoms with E-state index in [-0.39, 0.29) is 5.60 Å². The molecule has 31 heavy (non-hydrogen) atoms. The number of likely N-dealkylation sites (N-methyl/N-ethyl adjacent to an activating group) is 1. The number of carbonyl (C=O) groups excluding carboxylic acids is 1. The predicted molar refractivity (Wildman–Crippen MR) is 122 cm³/mol. The van der Waals surface area contributed by atoms with Gasteiger partial charge in [-0.1, -0.05) is 11.6 Å². The Morgan fingerprint density at radius 2 is 2.06 bits per heavy atom. The van der Waals surface area contributed by atoms with Crippen molar-refractivity contribution in [2.45, 2.75) is 45.3 Å². The highest BCUT2D eigenvalue weighted by Gasteiger charge is 2.20. The molecule has 3 aromatic rings. The second-order valence-electron chi connectivity index (χ2n) is 8.36. The summed E-state index contributed by atoms with van der Waals surface area (Å²) in [4.78, 5) is 25.5. The standard InChI is InChI=1S/C17H19ClN6.C5H10O2/c1-19-13-3-2-8-23(11-13)16-6-7-20-17(22-16)14-9-21-15-5-4-12(18)10-24(14)15;1-5(2,3)7-4-6/h4-7,9-10,13,19H,2-3,8,11H2,1H3;4H,1-3H3. The fraction of sp³-hybridized carbons (Fsp3) is 0.455. The molecule has 1 saturated heterocycles. The highest BCUT2D eigenvalue weighted by Crippen LogP contribution is 2.23. The van der Waals surface area contributed by atoms with E-state index in [0.717, 1.165) is 36.7 Å². The highest BCUT2D eigenvalue weighted by atomic mass is 35.5. The van der Waals surface area contributed by atoms with E-state index in [2.05, 4.69) is 24.9 Å². The number of carbonyl (C=O) groups is 1. The van der Waals surface area contributed by atoms with Crippen LogP contribution < -0.4 is 10.2 Å². The van der Waals surface area contributed by atoms with E-state index < -0.39 is 0 Å². The molecule has 4 rings (SSSR count). The summed E-state index contributed by atoms with van der Waals surface area (Å²) >= 11 is 6.12. The van der Waals surface area contributed by atoms with Gasteiger partial charge >= 0.3 is 0 Å². The van der Waals surface area contributed by atoms with Crippen LogP contribution in [0, 0.1) is 0 Å². The number of hydrogen-bond acceptors (Lipinski definition) is 7. The molecule has 8 nitrogen and oxygen atoms in total. The Labute approximate surface area is 187 Å². The maximum absolute atomic E-state index is 9.60. The number of aromatic nitrogens is 4. The SMILES string of the molecule is CC(C)(C)OC=O.CNC1CCCN(c2ccnc(-c3cnc4ccc(Cl)cn34)n2)C1. The van der Waals surface area contributed by atoms with Crippen LogP contribution in [0.25, 0.3) is 17.2 Å². The summed E-state index contributed by atoms with van der Waals surface area (Å²) in [7, 11) is 2.02. The third-order valence-electron chi connectivity index (χ3n) is 4.89. The summed E-state index contributed by atoms with van der Waals surface area (Å²) in [6, 6.07) is 6.19. The van der Waals surface area contributed by atoms with Gasteiger partial charge in [-0.3, -0.25) is 9.20 Å². The van der Waals surface area contributed by atoms with Crippen molar-refractivity contribution in [3.8, 4) is 11.5 Å². The average Bonchev–Trinajstić information content (AvgIpc) is 3.16. The van der Waals surface area contributed by atoms with Crippen molar-refractivity contribution in [3.05, 3.63) is 41.8 Å². The van der Waals surface area contributed by atoms with Gasteiger partial charge in [0.15, 0.2) is 5.82 Å². The first-order chi connectivity index (χ1) is 14.8. The number of ether oxygens (including phenoxy) is 1. The third kappa shape index (κ3) is 6.15. The summed E-state index contributed by atoms with van der Waals surface area (Å²) in [6.45, 7) is 7.91. The van der Waals surface area contributed by atoms with Crippen LogP contribution in [0.2, 0.25) is 5.02 Å². The van der Waals surface area contributed by atoms with E-state index in [1.165, 1.54) is 6.42 Å². The molecule has 166 valence electrons. The van der Waals surface area contributed by atoms with Gasteiger partial charge in [0.2, 0.25) is 0 Å². The maximum atomic E-state index is 9.60. The van der Waals surface area contributed by atoms with Crippen LogP contribution in [0.15, 0.2) is 36.8 Å². The lowest BCUT2D eigenvalue weighted by Gasteiger charge is -2.33. The summed E-state index contributed by atoms with van der Waals surface area (Å²) in [5, 5.41) is 4.02. The zero-order valence-electron chi connectivity index (χ0n) is 18.4. The van der Waals surface area contributed by atoms with Crippen LogP contribution in [0.3, 0.4) is 0 Å². The quantitative estimate of drug-likeness (QED) is 0.615. The fourth-order valence-electron chi connectivity index (χ4n) is 3.33. The zero-order chi connectivity index (χ0) is 22.4. The first-order valence-corrected chi connectivity index (χ1v) is 10.7. The largest absolute Gasteiger partial charge is 0.462 e. The molecule has 0 spiro atoms. The number of nitrogens with zero attached hydrogens (tertiary/aromatic N) is 5. The van der Waals surface area contributed by atoms with Crippen molar-refractivity contribution in [1.82, 2.24) is 24.7 Å². The molecule has 3 aromatic heterocycles. The molecular weight excluding hydrogens is 416 g/mol. The Balaban J connectivity index is 0.000000339. The number of pyridine rings is 1. The van der Waals surface area contributed by atoms with Crippen LogP contribution in [-0.4, -0.2) is 57.6 Å². The first-order valence-electron chi connectivity index (χ1n) is 10.3. The number of anilines is 1. The Morgan fingerprint density at radius 1 is 1.26 bits per heavy atom. The summed E-state index contributed by atoms with van der Waals surface area (Å²) < 4.78 is 6.47. The molecule has 1 N–H and O–H groups in total. The summed E-state index contributed by atoms with van der Waals surface area (Å²) in [6.07, 6.45) is 7.81. The van der Waals surface area contributed by atoms with Gasteiger partial charge in [0.1, 0.15) is 22.8 Å². The van der Waals surface area contributed by atoms with Gasteiger partial charge in [-0.2, -0.15) is 0 Å². The molecule has 0 saturated carbocycles. The first kappa shape index (κ1) is 23.0. The van der Waals surface area contributed by atoms with Gasteiger partial charge in [0, 0.05) is 31.5 Å². The third-order valence-corrected chi connectivity index (χ3v) is 5.12. The molecule has 0 aromatic carbocycles. The molecule has 9 heteroatoms. The summed E-state index contributed by atoms with van der Waals surface area (Å²) in [5.74, 6) is 1.62. The molecule has 1 aliphatic heterocycles. The Bertz CT molecular complexity index is 1020. The molecule has 4 heterocycles. The number of nitrogens with one attached hydrogen (secondary N) is 1. The minimum Gasteiger partial charge on any atom is -0.462 e. The van der Waals surface area contributed by atoms with Gasteiger partial charge < -0.3 is 15.0 Å². The van der Waals surface area contributed by atoms with Crippen molar-refractivity contribution in [1.29, 1.82) is 0 Å². The van der Waals surface area contributed by atoms with Gasteiger partial charge in [0.25, 0.3) is 6.47 Å². The molecule has 0 bridgehead atoms. The second-order valence-corrected chi connectivity index (χ2v) is 8.79. The Hall–Kier alpha value is -2.71. The molecule has 0 aliphatic carbocycles. The average molecular weight is 445 g/mol. The number of rotatable bonds is 4. The van der Waals surface area contributed by atoms with Gasteiger partial charge in [-0.25, -0.2) is 15.0 Å². The topological polar surface area (TPSA) is 84.6 Å². The fourth-order valence-corrected chi connectivity index (χ4v) is 3.49. The van der Waals surface area contributed by atoms with E-state index in [4.69, 9.17) is 16.6 Å². The number of fused-ring (bicyclic) bond motifs is 1. The second kappa shape index (κ2) is 10.1. The van der Waals surface area contributed by atoms with Crippen LogP contribution in [0.4, 0.5) is 5.82 Å². The molecule has 1 atom stereocenters. The minimum absolute atomic E-state index is 0.318. The van der Waals surface area contributed by atoms with E-state index in [9.17, 15) is 4.79 Å². The van der Waals surface area contributed by atoms with Gasteiger partial charge in [-0.05, 0) is 58.9 Å². The van der Waals surface area contributed by atoms with Gasteiger partial charge in [-0.15, -0.1) is 0 Å². The Kier molecular flexibility index (Phi) is 7.46. The zero-order valence-corrected chi connectivity index (χ0v) is 19.1. The van der Waals surface area contributed by atoms with Crippen molar-refractivity contribution >= 4 is 29.5 Å². The van der Waals surface area contributed by atoms with E-state index in [1.54, 1.807) is 6.20 Å². The van der Waals surface area contributed by atoms with E-state index >= 15 is 0 Å². The molecule has 0 amide bonds. The van der Waals surface area contributed by atoms with Crippen molar-refractivity contribution < 1.29 is 9.53 Å². The predicted octanol–water partition coefficient (Wildman–Crippen LogP) is 3.59. The van der Waals surface area contributed by atoms with E-state index in [0.29, 0.717) is 23.4 Å². The number of halogens is 1. The van der Waals surface area contributed by atoms with Crippen LogP contribution in [-0.2, 0) is 9.53 Å².